The Labute approximate surface area is 142 Å². The maximum Gasteiger partial charge on any atom is 0.338 e. The molecule has 9 heteroatoms. The maximum atomic E-state index is 12.4. The molecule has 0 unspecified atom stereocenters. The molecule has 0 bridgehead atoms. The first kappa shape index (κ1) is 16.6. The van der Waals surface area contributed by atoms with Crippen molar-refractivity contribution in [2.24, 2.45) is 0 Å². The van der Waals surface area contributed by atoms with E-state index >= 15 is 0 Å². The fourth-order valence-electron chi connectivity index (χ4n) is 2.90. The minimum Gasteiger partial charge on any atom is -0.465 e. The second kappa shape index (κ2) is 6.71. The molecule has 3 rings (SSSR count). The molecule has 2 heterocycles. The highest BCUT2D eigenvalue weighted by molar-refractivity contribution is 5.91. The number of nitrogens with zero attached hydrogens (tertiary/aromatic N) is 4. The van der Waals surface area contributed by atoms with Gasteiger partial charge in [-0.3, -0.25) is 19.6 Å². The van der Waals surface area contributed by atoms with Crippen LogP contribution in [0.4, 0.5) is 5.69 Å². The Morgan fingerprint density at radius 1 is 1.40 bits per heavy atom. The molecule has 130 valence electrons. The summed E-state index contributed by atoms with van der Waals surface area (Å²) in [4.78, 5) is 36.0. The SMILES string of the molecule is COC(=O)c1cccc2c1CCN(C(=O)Cn1cc([N+](=O)[O-])cn1)C2. The molecule has 0 atom stereocenters. The van der Waals surface area contributed by atoms with E-state index in [-0.39, 0.29) is 24.1 Å². The molecule has 0 fully saturated rings. The van der Waals surface area contributed by atoms with Crippen molar-refractivity contribution in [1.29, 1.82) is 0 Å². The molecule has 0 saturated carbocycles. The summed E-state index contributed by atoms with van der Waals surface area (Å²) >= 11 is 0. The van der Waals surface area contributed by atoms with Gasteiger partial charge in [0.1, 0.15) is 18.9 Å². The number of fused-ring (bicyclic) bond motifs is 1. The molecule has 1 aliphatic rings. The molecule has 2 aromatic rings. The van der Waals surface area contributed by atoms with Gasteiger partial charge in [0.05, 0.1) is 17.6 Å². The molecular formula is C16H16N4O5. The fraction of sp³-hybridized carbons (Fsp3) is 0.312. The van der Waals surface area contributed by atoms with Gasteiger partial charge < -0.3 is 9.64 Å². The summed E-state index contributed by atoms with van der Waals surface area (Å²) in [6.45, 7) is 0.769. The molecule has 1 amide bonds. The number of carbonyl (C=O) groups excluding carboxylic acids is 2. The van der Waals surface area contributed by atoms with Crippen molar-refractivity contribution in [3.05, 3.63) is 57.4 Å². The standard InChI is InChI=1S/C16H16N4O5/c1-25-16(22)14-4-2-3-11-8-18(6-5-13(11)14)15(21)10-19-9-12(7-17-19)20(23)24/h2-4,7,9H,5-6,8,10H2,1H3. The zero-order valence-corrected chi connectivity index (χ0v) is 13.5. The Morgan fingerprint density at radius 2 is 2.20 bits per heavy atom. The molecule has 0 saturated heterocycles. The highest BCUT2D eigenvalue weighted by atomic mass is 16.6. The number of rotatable bonds is 4. The van der Waals surface area contributed by atoms with Crippen molar-refractivity contribution in [2.45, 2.75) is 19.5 Å². The van der Waals surface area contributed by atoms with E-state index in [1.165, 1.54) is 18.0 Å². The van der Waals surface area contributed by atoms with Crippen molar-refractivity contribution in [3.8, 4) is 0 Å². The Kier molecular flexibility index (Phi) is 4.46. The van der Waals surface area contributed by atoms with Gasteiger partial charge in [0.2, 0.25) is 5.91 Å². The van der Waals surface area contributed by atoms with Gasteiger partial charge in [-0.2, -0.15) is 5.10 Å². The zero-order valence-electron chi connectivity index (χ0n) is 13.5. The molecule has 1 aromatic carbocycles. The number of benzene rings is 1. The lowest BCUT2D eigenvalue weighted by atomic mass is 9.94. The third kappa shape index (κ3) is 3.35. The van der Waals surface area contributed by atoms with Crippen LogP contribution < -0.4 is 0 Å². The molecule has 0 radical (unpaired) electrons. The zero-order chi connectivity index (χ0) is 18.0. The molecule has 0 aliphatic carbocycles. The number of aromatic nitrogens is 2. The number of carbonyl (C=O) groups is 2. The number of esters is 1. The van der Waals surface area contributed by atoms with Gasteiger partial charge in [-0.1, -0.05) is 12.1 Å². The molecule has 1 aliphatic heterocycles. The summed E-state index contributed by atoms with van der Waals surface area (Å²) in [6, 6.07) is 5.35. The maximum absolute atomic E-state index is 12.4. The molecule has 1 aromatic heterocycles. The smallest absolute Gasteiger partial charge is 0.338 e. The average Bonchev–Trinajstić information content (AvgIpc) is 3.08. The van der Waals surface area contributed by atoms with E-state index in [4.69, 9.17) is 4.74 Å². The summed E-state index contributed by atoms with van der Waals surface area (Å²) in [5, 5.41) is 14.5. The van der Waals surface area contributed by atoms with Crippen molar-refractivity contribution in [2.75, 3.05) is 13.7 Å². The molecule has 0 spiro atoms. The van der Waals surface area contributed by atoms with E-state index in [1.807, 2.05) is 6.07 Å². The van der Waals surface area contributed by atoms with Gasteiger partial charge in [-0.25, -0.2) is 4.79 Å². The number of nitro groups is 1. The monoisotopic (exact) mass is 344 g/mol. The first-order valence-electron chi connectivity index (χ1n) is 7.63. The van der Waals surface area contributed by atoms with Crippen LogP contribution >= 0.6 is 0 Å². The van der Waals surface area contributed by atoms with Crippen LogP contribution in [0.15, 0.2) is 30.6 Å². The van der Waals surface area contributed by atoms with Crippen molar-refractivity contribution < 1.29 is 19.2 Å². The van der Waals surface area contributed by atoms with Crippen molar-refractivity contribution >= 4 is 17.6 Å². The Balaban J connectivity index is 1.72. The Morgan fingerprint density at radius 3 is 2.88 bits per heavy atom. The van der Waals surface area contributed by atoms with Gasteiger partial charge in [-0.05, 0) is 23.6 Å². The number of hydrogen-bond acceptors (Lipinski definition) is 6. The third-order valence-corrected chi connectivity index (χ3v) is 4.15. The lowest BCUT2D eigenvalue weighted by Crippen LogP contribution is -2.38. The first-order chi connectivity index (χ1) is 12.0. The quantitative estimate of drug-likeness (QED) is 0.468. The van der Waals surface area contributed by atoms with E-state index in [0.717, 1.165) is 17.3 Å². The Bertz CT molecular complexity index is 845. The normalized spacial score (nSPS) is 13.2. The second-order valence-electron chi connectivity index (χ2n) is 5.65. The van der Waals surface area contributed by atoms with Crippen molar-refractivity contribution in [3.63, 3.8) is 0 Å². The molecule has 25 heavy (non-hydrogen) atoms. The van der Waals surface area contributed by atoms with E-state index < -0.39 is 4.92 Å². The summed E-state index contributed by atoms with van der Waals surface area (Å²) in [5.74, 6) is -0.576. The number of ether oxygens (including phenoxy) is 1. The minimum atomic E-state index is -0.556. The van der Waals surface area contributed by atoms with Crippen LogP contribution in [0.3, 0.4) is 0 Å². The second-order valence-corrected chi connectivity index (χ2v) is 5.65. The van der Waals surface area contributed by atoms with Gasteiger partial charge >= 0.3 is 11.7 Å². The lowest BCUT2D eigenvalue weighted by Gasteiger charge is -2.29. The summed E-state index contributed by atoms with van der Waals surface area (Å²) < 4.78 is 6.04. The average molecular weight is 344 g/mol. The minimum absolute atomic E-state index is 0.0696. The topological polar surface area (TPSA) is 108 Å². The van der Waals surface area contributed by atoms with E-state index in [1.54, 1.807) is 17.0 Å². The van der Waals surface area contributed by atoms with Gasteiger partial charge in [0.15, 0.2) is 0 Å². The van der Waals surface area contributed by atoms with Crippen LogP contribution in [-0.2, 0) is 29.0 Å². The highest BCUT2D eigenvalue weighted by Gasteiger charge is 2.25. The number of hydrogen-bond donors (Lipinski definition) is 0. The third-order valence-electron chi connectivity index (χ3n) is 4.15. The van der Waals surface area contributed by atoms with E-state index in [0.29, 0.717) is 25.1 Å². The van der Waals surface area contributed by atoms with Crippen LogP contribution in [0.5, 0.6) is 0 Å². The van der Waals surface area contributed by atoms with Gasteiger partial charge in [0.25, 0.3) is 0 Å². The number of amides is 1. The fourth-order valence-corrected chi connectivity index (χ4v) is 2.90. The van der Waals surface area contributed by atoms with Crippen LogP contribution in [0.2, 0.25) is 0 Å². The van der Waals surface area contributed by atoms with E-state index in [9.17, 15) is 19.7 Å². The molecule has 9 nitrogen and oxygen atoms in total. The summed E-state index contributed by atoms with van der Waals surface area (Å²) in [5.41, 5.74) is 2.16. The van der Waals surface area contributed by atoms with Gasteiger partial charge in [-0.15, -0.1) is 0 Å². The van der Waals surface area contributed by atoms with Crippen LogP contribution in [-0.4, -0.2) is 45.1 Å². The Hall–Kier alpha value is -3.23. The predicted octanol–water partition coefficient (Wildman–Crippen LogP) is 1.16. The van der Waals surface area contributed by atoms with Gasteiger partial charge in [0, 0.05) is 13.1 Å². The highest BCUT2D eigenvalue weighted by Crippen LogP contribution is 2.23. The predicted molar refractivity (Wildman–Crippen MR) is 85.8 cm³/mol. The number of methoxy groups -OCH3 is 1. The summed E-state index contributed by atoms with van der Waals surface area (Å²) in [6.07, 6.45) is 2.89. The largest absolute Gasteiger partial charge is 0.465 e. The molecule has 0 N–H and O–H groups in total. The summed E-state index contributed by atoms with van der Waals surface area (Å²) in [7, 11) is 1.34. The lowest BCUT2D eigenvalue weighted by molar-refractivity contribution is -0.385. The van der Waals surface area contributed by atoms with E-state index in [2.05, 4.69) is 5.10 Å². The molecular weight excluding hydrogens is 328 g/mol. The van der Waals surface area contributed by atoms with Crippen molar-refractivity contribution in [1.82, 2.24) is 14.7 Å². The van der Waals surface area contributed by atoms with Crippen LogP contribution in [0, 0.1) is 10.1 Å². The first-order valence-corrected chi connectivity index (χ1v) is 7.63. The van der Waals surface area contributed by atoms with Crippen LogP contribution in [0.25, 0.3) is 0 Å². The van der Waals surface area contributed by atoms with Crippen LogP contribution in [0.1, 0.15) is 21.5 Å².